The zero-order chi connectivity index (χ0) is 15.5. The molecule has 1 heterocycles. The zero-order valence-corrected chi connectivity index (χ0v) is 13.2. The van der Waals surface area contributed by atoms with Crippen molar-refractivity contribution in [2.24, 2.45) is 0 Å². The van der Waals surface area contributed by atoms with Crippen molar-refractivity contribution in [3.8, 4) is 0 Å². The summed E-state index contributed by atoms with van der Waals surface area (Å²) in [5.41, 5.74) is 0. The first-order valence-electron chi connectivity index (χ1n) is 8.40. The first kappa shape index (κ1) is 18.8. The highest BCUT2D eigenvalue weighted by Crippen LogP contribution is 2.18. The highest BCUT2D eigenvalue weighted by Gasteiger charge is 2.39. The topological polar surface area (TPSA) is 79.2 Å². The van der Waals surface area contributed by atoms with E-state index in [1.807, 2.05) is 0 Å². The van der Waals surface area contributed by atoms with E-state index in [9.17, 15) is 15.3 Å². The van der Waals surface area contributed by atoms with Gasteiger partial charge in [0.2, 0.25) is 0 Å². The van der Waals surface area contributed by atoms with Crippen molar-refractivity contribution in [3.05, 3.63) is 0 Å². The van der Waals surface area contributed by atoms with Gasteiger partial charge in [-0.25, -0.2) is 0 Å². The summed E-state index contributed by atoms with van der Waals surface area (Å²) in [4.78, 5) is 0. The smallest absolute Gasteiger partial charge is 0.114 e. The lowest BCUT2D eigenvalue weighted by Crippen LogP contribution is -2.40. The number of aliphatic hydroxyl groups is 3. The molecule has 3 N–H and O–H groups in total. The van der Waals surface area contributed by atoms with Crippen molar-refractivity contribution >= 4 is 0 Å². The van der Waals surface area contributed by atoms with Crippen LogP contribution in [-0.4, -0.2) is 59.6 Å². The van der Waals surface area contributed by atoms with Crippen molar-refractivity contribution in [1.82, 2.24) is 0 Å². The highest BCUT2D eigenvalue weighted by atomic mass is 16.5. The van der Waals surface area contributed by atoms with Crippen LogP contribution in [0.1, 0.15) is 58.3 Å². The minimum atomic E-state index is -1.02. The Morgan fingerprint density at radius 3 is 2.24 bits per heavy atom. The lowest BCUT2D eigenvalue weighted by Gasteiger charge is -2.20. The summed E-state index contributed by atoms with van der Waals surface area (Å²) in [5, 5.41) is 28.8. The van der Waals surface area contributed by atoms with Crippen molar-refractivity contribution in [1.29, 1.82) is 0 Å². The Balaban J connectivity index is 1.90. The summed E-state index contributed by atoms with van der Waals surface area (Å²) < 4.78 is 10.6. The third-order valence-corrected chi connectivity index (χ3v) is 4.00. The highest BCUT2D eigenvalue weighted by molar-refractivity contribution is 4.87. The van der Waals surface area contributed by atoms with Crippen molar-refractivity contribution < 1.29 is 24.8 Å². The van der Waals surface area contributed by atoms with E-state index in [1.165, 1.54) is 38.5 Å². The molecule has 1 aliphatic rings. The second kappa shape index (κ2) is 11.4. The molecule has 0 aliphatic carbocycles. The molecule has 1 rings (SSSR count). The van der Waals surface area contributed by atoms with Crippen LogP contribution in [0, 0.1) is 0 Å². The molecule has 0 amide bonds. The fourth-order valence-electron chi connectivity index (χ4n) is 2.60. The van der Waals surface area contributed by atoms with E-state index in [4.69, 9.17) is 9.47 Å². The van der Waals surface area contributed by atoms with Gasteiger partial charge in [-0.15, -0.1) is 0 Å². The molecule has 21 heavy (non-hydrogen) atoms. The molecule has 4 atom stereocenters. The SMILES string of the molecule is CCCCCCCCCCOCC(O)C1OCC(O)C1O. The molecule has 0 bridgehead atoms. The number of unbranched alkanes of at least 4 members (excludes halogenated alkanes) is 7. The van der Waals surface area contributed by atoms with Crippen LogP contribution in [0.25, 0.3) is 0 Å². The van der Waals surface area contributed by atoms with Gasteiger partial charge in [-0.2, -0.15) is 0 Å². The van der Waals surface area contributed by atoms with Crippen LogP contribution in [0.2, 0.25) is 0 Å². The van der Waals surface area contributed by atoms with E-state index in [-0.39, 0.29) is 13.2 Å². The second-order valence-electron chi connectivity index (χ2n) is 5.97. The molecule has 1 saturated heterocycles. The minimum absolute atomic E-state index is 0.0704. The molecular weight excluding hydrogens is 272 g/mol. The zero-order valence-electron chi connectivity index (χ0n) is 13.2. The van der Waals surface area contributed by atoms with Gasteiger partial charge in [0.1, 0.15) is 24.4 Å². The average molecular weight is 304 g/mol. The molecule has 0 aromatic rings. The summed E-state index contributed by atoms with van der Waals surface area (Å²) in [6.07, 6.45) is 6.43. The third kappa shape index (κ3) is 7.56. The standard InChI is InChI=1S/C16H32O5/c1-2-3-4-5-6-7-8-9-10-20-11-14(18)16-15(19)13(17)12-21-16/h13-19H,2-12H2,1H3. The minimum Gasteiger partial charge on any atom is -0.388 e. The van der Waals surface area contributed by atoms with Crippen molar-refractivity contribution in [2.45, 2.75) is 82.7 Å². The molecule has 1 fully saturated rings. The maximum atomic E-state index is 9.84. The van der Waals surface area contributed by atoms with Crippen LogP contribution in [0.3, 0.4) is 0 Å². The van der Waals surface area contributed by atoms with Gasteiger partial charge in [0.05, 0.1) is 13.2 Å². The van der Waals surface area contributed by atoms with Crippen molar-refractivity contribution in [2.75, 3.05) is 19.8 Å². The van der Waals surface area contributed by atoms with E-state index >= 15 is 0 Å². The van der Waals surface area contributed by atoms with Crippen LogP contribution in [-0.2, 0) is 9.47 Å². The van der Waals surface area contributed by atoms with Crippen LogP contribution >= 0.6 is 0 Å². The maximum absolute atomic E-state index is 9.84. The predicted molar refractivity (Wildman–Crippen MR) is 81.2 cm³/mol. The van der Waals surface area contributed by atoms with E-state index in [1.54, 1.807) is 0 Å². The van der Waals surface area contributed by atoms with Gasteiger partial charge in [0.15, 0.2) is 0 Å². The first-order valence-corrected chi connectivity index (χ1v) is 8.40. The number of rotatable bonds is 12. The van der Waals surface area contributed by atoms with E-state index in [2.05, 4.69) is 6.92 Å². The molecule has 5 heteroatoms. The molecule has 1 aliphatic heterocycles. The quantitative estimate of drug-likeness (QED) is 0.478. The summed E-state index contributed by atoms with van der Waals surface area (Å²) in [6, 6.07) is 0. The third-order valence-electron chi connectivity index (χ3n) is 4.00. The monoisotopic (exact) mass is 304 g/mol. The summed E-state index contributed by atoms with van der Waals surface area (Å²) in [7, 11) is 0. The Bertz CT molecular complexity index is 249. The molecule has 0 aromatic carbocycles. The number of hydrogen-bond acceptors (Lipinski definition) is 5. The van der Waals surface area contributed by atoms with E-state index in [0.29, 0.717) is 6.61 Å². The Morgan fingerprint density at radius 2 is 1.67 bits per heavy atom. The van der Waals surface area contributed by atoms with Gasteiger partial charge in [-0.1, -0.05) is 51.9 Å². The molecule has 0 spiro atoms. The lowest BCUT2D eigenvalue weighted by molar-refractivity contribution is -0.0813. The summed E-state index contributed by atoms with van der Waals surface area (Å²) >= 11 is 0. The Kier molecular flexibility index (Phi) is 10.2. The maximum Gasteiger partial charge on any atom is 0.114 e. The first-order chi connectivity index (χ1) is 10.2. The van der Waals surface area contributed by atoms with Crippen LogP contribution in [0.15, 0.2) is 0 Å². The van der Waals surface area contributed by atoms with Crippen LogP contribution in [0.5, 0.6) is 0 Å². The fraction of sp³-hybridized carbons (Fsp3) is 1.00. The summed E-state index contributed by atoms with van der Waals surface area (Å²) in [5.74, 6) is 0. The number of hydrogen-bond donors (Lipinski definition) is 3. The second-order valence-corrected chi connectivity index (χ2v) is 5.97. The Labute approximate surface area is 128 Å². The molecule has 5 nitrogen and oxygen atoms in total. The average Bonchev–Trinajstić information content (AvgIpc) is 2.81. The Hall–Kier alpha value is -0.200. The van der Waals surface area contributed by atoms with Gasteiger partial charge >= 0.3 is 0 Å². The molecule has 0 radical (unpaired) electrons. The largest absolute Gasteiger partial charge is 0.388 e. The van der Waals surface area contributed by atoms with Gasteiger partial charge in [-0.3, -0.25) is 0 Å². The van der Waals surface area contributed by atoms with Gasteiger partial charge in [-0.05, 0) is 6.42 Å². The molecule has 0 saturated carbocycles. The van der Waals surface area contributed by atoms with Gasteiger partial charge in [0.25, 0.3) is 0 Å². The normalized spacial score (nSPS) is 27.1. The van der Waals surface area contributed by atoms with Crippen LogP contribution in [0.4, 0.5) is 0 Å². The lowest BCUT2D eigenvalue weighted by atomic mass is 10.1. The number of ether oxygens (including phenoxy) is 2. The van der Waals surface area contributed by atoms with Gasteiger partial charge < -0.3 is 24.8 Å². The fourth-order valence-corrected chi connectivity index (χ4v) is 2.60. The Morgan fingerprint density at radius 1 is 1.05 bits per heavy atom. The molecular formula is C16H32O5. The molecule has 0 aromatic heterocycles. The molecule has 4 unspecified atom stereocenters. The van der Waals surface area contributed by atoms with Crippen molar-refractivity contribution in [3.63, 3.8) is 0 Å². The summed E-state index contributed by atoms with van der Waals surface area (Å²) in [6.45, 7) is 3.06. The molecule has 126 valence electrons. The van der Waals surface area contributed by atoms with Gasteiger partial charge in [0, 0.05) is 6.61 Å². The number of aliphatic hydroxyl groups excluding tert-OH is 3. The van der Waals surface area contributed by atoms with Crippen LogP contribution < -0.4 is 0 Å². The van der Waals surface area contributed by atoms with E-state index in [0.717, 1.165) is 12.8 Å². The van der Waals surface area contributed by atoms with E-state index < -0.39 is 24.4 Å². The predicted octanol–water partition coefficient (Wildman–Crippen LogP) is 1.63.